The second-order valence-electron chi connectivity index (χ2n) is 4.11. The van der Waals surface area contributed by atoms with Crippen LogP contribution in [0.5, 0.6) is 0 Å². The van der Waals surface area contributed by atoms with Crippen LogP contribution in [0.3, 0.4) is 0 Å². The van der Waals surface area contributed by atoms with Crippen molar-refractivity contribution in [3.05, 3.63) is 12.7 Å². The van der Waals surface area contributed by atoms with Gasteiger partial charge in [0.25, 0.3) is 0 Å². The van der Waals surface area contributed by atoms with Crippen LogP contribution in [0.1, 0.15) is 39.5 Å². The largest absolute Gasteiger partial charge is 0.286 e. The van der Waals surface area contributed by atoms with Crippen molar-refractivity contribution in [1.29, 1.82) is 0 Å². The third-order valence-corrected chi connectivity index (χ3v) is 4.31. The molecule has 1 nitrogen and oxygen atoms in total. The van der Waals surface area contributed by atoms with Crippen molar-refractivity contribution in [2.45, 2.75) is 39.5 Å². The minimum Gasteiger partial charge on any atom is -0.286 e. The fourth-order valence-corrected chi connectivity index (χ4v) is 3.24. The van der Waals surface area contributed by atoms with Crippen molar-refractivity contribution in [3.63, 3.8) is 0 Å². The Morgan fingerprint density at radius 2 is 2.36 bits per heavy atom. The van der Waals surface area contributed by atoms with Crippen molar-refractivity contribution in [3.8, 4) is 0 Å². The SMILES string of the molecule is C=CC1(C(=O)SCC)CCCCC1C. The molecule has 0 aromatic carbocycles. The molecule has 0 amide bonds. The van der Waals surface area contributed by atoms with Crippen molar-refractivity contribution in [2.75, 3.05) is 5.75 Å². The topological polar surface area (TPSA) is 17.1 Å². The summed E-state index contributed by atoms with van der Waals surface area (Å²) < 4.78 is 0. The summed E-state index contributed by atoms with van der Waals surface area (Å²) in [5, 5.41) is 0.335. The van der Waals surface area contributed by atoms with E-state index in [2.05, 4.69) is 13.5 Å². The van der Waals surface area contributed by atoms with E-state index in [0.717, 1.165) is 12.2 Å². The summed E-state index contributed by atoms with van der Waals surface area (Å²) in [6.45, 7) is 8.10. The predicted octanol–water partition coefficient (Wildman–Crippen LogP) is 3.65. The summed E-state index contributed by atoms with van der Waals surface area (Å²) in [5.41, 5.74) is -0.223. The summed E-state index contributed by atoms with van der Waals surface area (Å²) in [4.78, 5) is 12.1. The number of carbonyl (C=O) groups excluding carboxylic acids is 1. The van der Waals surface area contributed by atoms with Crippen molar-refractivity contribution in [2.24, 2.45) is 11.3 Å². The molecular formula is C12H20OS. The highest BCUT2D eigenvalue weighted by Crippen LogP contribution is 2.45. The van der Waals surface area contributed by atoms with Gasteiger partial charge in [0.2, 0.25) is 0 Å². The third-order valence-electron chi connectivity index (χ3n) is 3.38. The lowest BCUT2D eigenvalue weighted by molar-refractivity contribution is -0.121. The Labute approximate surface area is 91.3 Å². The molecule has 0 aromatic heterocycles. The molecule has 1 rings (SSSR count). The van der Waals surface area contributed by atoms with Gasteiger partial charge in [-0.3, -0.25) is 4.79 Å². The Morgan fingerprint density at radius 3 is 2.86 bits per heavy atom. The Morgan fingerprint density at radius 1 is 1.64 bits per heavy atom. The maximum atomic E-state index is 12.1. The highest BCUT2D eigenvalue weighted by atomic mass is 32.2. The highest BCUT2D eigenvalue weighted by Gasteiger charge is 2.41. The first-order valence-corrected chi connectivity index (χ1v) is 6.46. The van der Waals surface area contributed by atoms with Crippen LogP contribution < -0.4 is 0 Å². The standard InChI is InChI=1S/C12H20OS/c1-4-12(11(13)14-5-2)9-7-6-8-10(12)3/h4,10H,1,5-9H2,2-3H3. The molecule has 0 spiro atoms. The first kappa shape index (κ1) is 11.8. The maximum Gasteiger partial charge on any atom is 0.199 e. The van der Waals surface area contributed by atoms with E-state index in [-0.39, 0.29) is 5.41 Å². The number of rotatable bonds is 3. The van der Waals surface area contributed by atoms with E-state index < -0.39 is 0 Å². The second-order valence-corrected chi connectivity index (χ2v) is 5.35. The maximum absolute atomic E-state index is 12.1. The number of hydrogen-bond acceptors (Lipinski definition) is 2. The van der Waals surface area contributed by atoms with E-state index in [9.17, 15) is 4.79 Å². The van der Waals surface area contributed by atoms with Gasteiger partial charge >= 0.3 is 0 Å². The summed E-state index contributed by atoms with van der Waals surface area (Å²) in [5.74, 6) is 1.35. The molecule has 0 heterocycles. The van der Waals surface area contributed by atoms with Gasteiger partial charge in [0, 0.05) is 0 Å². The van der Waals surface area contributed by atoms with E-state index in [1.807, 2.05) is 13.0 Å². The summed E-state index contributed by atoms with van der Waals surface area (Å²) >= 11 is 1.45. The van der Waals surface area contributed by atoms with Crippen LogP contribution in [0.4, 0.5) is 0 Å². The molecule has 0 radical (unpaired) electrons. The Kier molecular flexibility index (Phi) is 4.24. The quantitative estimate of drug-likeness (QED) is 0.664. The Balaban J connectivity index is 2.82. The van der Waals surface area contributed by atoms with Gasteiger partial charge in [0.1, 0.15) is 0 Å². The fraction of sp³-hybridized carbons (Fsp3) is 0.750. The molecule has 1 saturated carbocycles. The van der Waals surface area contributed by atoms with E-state index >= 15 is 0 Å². The molecule has 0 saturated heterocycles. The Bertz CT molecular complexity index is 224. The highest BCUT2D eigenvalue weighted by molar-refractivity contribution is 8.13. The van der Waals surface area contributed by atoms with Crippen LogP contribution in [0.2, 0.25) is 0 Å². The summed E-state index contributed by atoms with van der Waals surface area (Å²) in [6, 6.07) is 0. The van der Waals surface area contributed by atoms with Gasteiger partial charge < -0.3 is 0 Å². The van der Waals surface area contributed by atoms with Gasteiger partial charge in [-0.25, -0.2) is 0 Å². The number of thioether (sulfide) groups is 1. The molecule has 2 heteroatoms. The van der Waals surface area contributed by atoms with Crippen molar-refractivity contribution in [1.82, 2.24) is 0 Å². The average Bonchev–Trinajstić information content (AvgIpc) is 2.19. The van der Waals surface area contributed by atoms with Gasteiger partial charge in [-0.15, -0.1) is 6.58 Å². The van der Waals surface area contributed by atoms with E-state index in [0.29, 0.717) is 11.0 Å². The number of allylic oxidation sites excluding steroid dienone is 1. The van der Waals surface area contributed by atoms with Crippen molar-refractivity contribution >= 4 is 16.9 Å². The van der Waals surface area contributed by atoms with Crippen LogP contribution in [0, 0.1) is 11.3 Å². The molecule has 1 aliphatic carbocycles. The molecule has 0 aliphatic heterocycles. The van der Waals surface area contributed by atoms with Crippen molar-refractivity contribution < 1.29 is 4.79 Å². The number of hydrogen-bond donors (Lipinski definition) is 0. The van der Waals surface area contributed by atoms with Crippen LogP contribution in [-0.2, 0) is 4.79 Å². The van der Waals surface area contributed by atoms with Gasteiger partial charge in [-0.2, -0.15) is 0 Å². The molecule has 0 bridgehead atoms. The van der Waals surface area contributed by atoms with Gasteiger partial charge in [0.15, 0.2) is 5.12 Å². The molecule has 1 fully saturated rings. The van der Waals surface area contributed by atoms with Crippen LogP contribution in [0.15, 0.2) is 12.7 Å². The normalized spacial score (nSPS) is 32.6. The van der Waals surface area contributed by atoms with Crippen LogP contribution >= 0.6 is 11.8 Å². The zero-order valence-corrected chi connectivity index (χ0v) is 10.0. The lowest BCUT2D eigenvalue weighted by Crippen LogP contribution is -2.36. The number of carbonyl (C=O) groups is 1. The lowest BCUT2D eigenvalue weighted by Gasteiger charge is -2.38. The average molecular weight is 212 g/mol. The van der Waals surface area contributed by atoms with Gasteiger partial charge in [-0.05, 0) is 24.5 Å². The summed E-state index contributed by atoms with van der Waals surface area (Å²) in [7, 11) is 0. The molecule has 1 aliphatic rings. The molecule has 0 aromatic rings. The third kappa shape index (κ3) is 2.05. The zero-order valence-electron chi connectivity index (χ0n) is 9.21. The molecule has 14 heavy (non-hydrogen) atoms. The fourth-order valence-electron chi connectivity index (χ4n) is 2.33. The molecular weight excluding hydrogens is 192 g/mol. The van der Waals surface area contributed by atoms with Crippen LogP contribution in [-0.4, -0.2) is 10.9 Å². The smallest absolute Gasteiger partial charge is 0.199 e. The second kappa shape index (κ2) is 5.01. The predicted molar refractivity (Wildman–Crippen MR) is 63.4 cm³/mol. The summed E-state index contributed by atoms with van der Waals surface area (Å²) in [6.07, 6.45) is 6.51. The monoisotopic (exact) mass is 212 g/mol. The van der Waals surface area contributed by atoms with Gasteiger partial charge in [0.05, 0.1) is 5.41 Å². The molecule has 2 unspecified atom stereocenters. The van der Waals surface area contributed by atoms with E-state index in [1.165, 1.54) is 31.0 Å². The molecule has 80 valence electrons. The first-order valence-electron chi connectivity index (χ1n) is 5.48. The zero-order chi connectivity index (χ0) is 10.6. The molecule has 0 N–H and O–H groups in total. The van der Waals surface area contributed by atoms with E-state index in [1.54, 1.807) is 0 Å². The van der Waals surface area contributed by atoms with E-state index in [4.69, 9.17) is 0 Å². The first-order chi connectivity index (χ1) is 6.67. The lowest BCUT2D eigenvalue weighted by atomic mass is 9.68. The van der Waals surface area contributed by atoms with Gasteiger partial charge in [-0.1, -0.05) is 44.5 Å². The van der Waals surface area contributed by atoms with Crippen LogP contribution in [0.25, 0.3) is 0 Å². The minimum atomic E-state index is -0.223. The molecule has 2 atom stereocenters. The minimum absolute atomic E-state index is 0.223. The Hall–Kier alpha value is -0.240.